The van der Waals surface area contributed by atoms with Gasteiger partial charge in [0.1, 0.15) is 6.17 Å². The summed E-state index contributed by atoms with van der Waals surface area (Å²) in [6.45, 7) is 0.0561. The van der Waals surface area contributed by atoms with Crippen molar-refractivity contribution in [2.75, 3.05) is 6.54 Å². The predicted octanol–water partition coefficient (Wildman–Crippen LogP) is 2.26. The summed E-state index contributed by atoms with van der Waals surface area (Å²) in [5.74, 6) is 0. The lowest BCUT2D eigenvalue weighted by atomic mass is 10.1. The monoisotopic (exact) mass is 265 g/mol. The molecule has 0 fully saturated rings. The van der Waals surface area contributed by atoms with Gasteiger partial charge in [0.25, 0.3) is 0 Å². The molecule has 0 spiro atoms. The molecule has 0 aliphatic heterocycles. The fourth-order valence-corrected chi connectivity index (χ4v) is 1.17. The molecule has 1 nitrogen and oxygen atoms in total. The zero-order chi connectivity index (χ0) is 8.27. The first-order chi connectivity index (χ1) is 5.24. The summed E-state index contributed by atoms with van der Waals surface area (Å²) < 4.78 is 14.0. The van der Waals surface area contributed by atoms with Crippen LogP contribution in [0.1, 0.15) is 11.7 Å². The first kappa shape index (κ1) is 8.93. The summed E-state index contributed by atoms with van der Waals surface area (Å²) in [4.78, 5) is 0. The van der Waals surface area contributed by atoms with Crippen LogP contribution in [0.4, 0.5) is 4.39 Å². The van der Waals surface area contributed by atoms with Crippen LogP contribution in [-0.4, -0.2) is 6.54 Å². The van der Waals surface area contributed by atoms with Crippen molar-refractivity contribution in [2.45, 2.75) is 6.17 Å². The van der Waals surface area contributed by atoms with Gasteiger partial charge in [0.2, 0.25) is 0 Å². The summed E-state index contributed by atoms with van der Waals surface area (Å²) in [5, 5.41) is 0. The third kappa shape index (κ3) is 2.41. The van der Waals surface area contributed by atoms with Crippen LogP contribution in [0.5, 0.6) is 0 Å². The summed E-state index contributed by atoms with van der Waals surface area (Å²) in [5.41, 5.74) is 5.83. The van der Waals surface area contributed by atoms with Crippen LogP contribution in [0.3, 0.4) is 0 Å². The molecular formula is C8H9FIN. The van der Waals surface area contributed by atoms with E-state index in [1.54, 1.807) is 12.1 Å². The molecule has 0 aliphatic carbocycles. The van der Waals surface area contributed by atoms with Crippen LogP contribution in [0.25, 0.3) is 0 Å². The molecule has 0 aromatic heterocycles. The zero-order valence-electron chi connectivity index (χ0n) is 5.93. The molecule has 3 heteroatoms. The normalized spacial score (nSPS) is 13.0. The van der Waals surface area contributed by atoms with E-state index < -0.39 is 6.17 Å². The van der Waals surface area contributed by atoms with Gasteiger partial charge in [0.05, 0.1) is 0 Å². The van der Waals surface area contributed by atoms with Crippen molar-refractivity contribution in [1.29, 1.82) is 0 Å². The second kappa shape index (κ2) is 4.01. The summed E-state index contributed by atoms with van der Waals surface area (Å²) >= 11 is 2.18. The average molecular weight is 265 g/mol. The lowest BCUT2D eigenvalue weighted by Gasteiger charge is -2.03. The van der Waals surface area contributed by atoms with Gasteiger partial charge < -0.3 is 5.73 Å². The average Bonchev–Trinajstić information content (AvgIpc) is 2.05. The maximum absolute atomic E-state index is 12.9. The minimum atomic E-state index is -1.02. The van der Waals surface area contributed by atoms with Gasteiger partial charge in [-0.1, -0.05) is 12.1 Å². The molecule has 0 aliphatic rings. The summed E-state index contributed by atoms with van der Waals surface area (Å²) in [6.07, 6.45) is -1.02. The van der Waals surface area contributed by atoms with Crippen LogP contribution in [0.2, 0.25) is 0 Å². The highest BCUT2D eigenvalue weighted by Crippen LogP contribution is 2.16. The number of nitrogens with two attached hydrogens (primary N) is 1. The second-order valence-corrected chi connectivity index (χ2v) is 3.50. The maximum atomic E-state index is 12.9. The SMILES string of the molecule is NCC(F)c1ccc(I)cc1. The first-order valence-electron chi connectivity index (χ1n) is 3.33. The van der Waals surface area contributed by atoms with Crippen molar-refractivity contribution in [3.8, 4) is 0 Å². The molecule has 0 amide bonds. The van der Waals surface area contributed by atoms with Crippen LogP contribution in [0, 0.1) is 3.57 Å². The molecule has 1 aromatic rings. The highest BCUT2D eigenvalue weighted by Gasteiger charge is 2.05. The van der Waals surface area contributed by atoms with Crippen LogP contribution in [-0.2, 0) is 0 Å². The third-order valence-corrected chi connectivity index (χ3v) is 2.16. The maximum Gasteiger partial charge on any atom is 0.137 e. The fraction of sp³-hybridized carbons (Fsp3) is 0.250. The van der Waals surface area contributed by atoms with E-state index in [9.17, 15) is 4.39 Å². The predicted molar refractivity (Wildman–Crippen MR) is 52.1 cm³/mol. The minimum absolute atomic E-state index is 0.0561. The Hall–Kier alpha value is -0.160. The number of hydrogen-bond donors (Lipinski definition) is 1. The van der Waals surface area contributed by atoms with Gasteiger partial charge in [-0.15, -0.1) is 0 Å². The standard InChI is InChI=1S/C8H9FIN/c9-8(5-11)6-1-3-7(10)4-2-6/h1-4,8H,5,11H2. The fourth-order valence-electron chi connectivity index (χ4n) is 0.808. The number of alkyl halides is 1. The molecular weight excluding hydrogens is 256 g/mol. The molecule has 1 unspecified atom stereocenters. The summed E-state index contributed by atoms with van der Waals surface area (Å²) in [6, 6.07) is 7.27. The van der Waals surface area contributed by atoms with Gasteiger partial charge in [-0.25, -0.2) is 4.39 Å². The van der Waals surface area contributed by atoms with E-state index in [4.69, 9.17) is 5.73 Å². The Morgan fingerprint density at radius 3 is 2.36 bits per heavy atom. The molecule has 0 radical (unpaired) electrons. The molecule has 11 heavy (non-hydrogen) atoms. The molecule has 0 bridgehead atoms. The summed E-state index contributed by atoms with van der Waals surface area (Å²) in [7, 11) is 0. The van der Waals surface area contributed by atoms with Crippen LogP contribution in [0.15, 0.2) is 24.3 Å². The van der Waals surface area contributed by atoms with Crippen molar-refractivity contribution in [3.05, 3.63) is 33.4 Å². The topological polar surface area (TPSA) is 26.0 Å². The van der Waals surface area contributed by atoms with Crippen LogP contribution >= 0.6 is 22.6 Å². The Morgan fingerprint density at radius 1 is 1.36 bits per heavy atom. The lowest BCUT2D eigenvalue weighted by Crippen LogP contribution is -2.07. The number of halogens is 2. The first-order valence-corrected chi connectivity index (χ1v) is 4.41. The van der Waals surface area contributed by atoms with E-state index in [1.807, 2.05) is 12.1 Å². The van der Waals surface area contributed by atoms with Gasteiger partial charge in [0, 0.05) is 10.1 Å². The van der Waals surface area contributed by atoms with Gasteiger partial charge in [-0.3, -0.25) is 0 Å². The van der Waals surface area contributed by atoms with Crippen molar-refractivity contribution in [1.82, 2.24) is 0 Å². The van der Waals surface area contributed by atoms with E-state index >= 15 is 0 Å². The van der Waals surface area contributed by atoms with E-state index in [0.29, 0.717) is 5.56 Å². The smallest absolute Gasteiger partial charge is 0.137 e. The van der Waals surface area contributed by atoms with Crippen molar-refractivity contribution >= 4 is 22.6 Å². The van der Waals surface area contributed by atoms with E-state index in [-0.39, 0.29) is 6.54 Å². The molecule has 1 rings (SSSR count). The Morgan fingerprint density at radius 2 is 1.91 bits per heavy atom. The highest BCUT2D eigenvalue weighted by molar-refractivity contribution is 14.1. The van der Waals surface area contributed by atoms with E-state index in [2.05, 4.69) is 22.6 Å². The largest absolute Gasteiger partial charge is 0.327 e. The van der Waals surface area contributed by atoms with E-state index in [1.165, 1.54) is 0 Å². The third-order valence-electron chi connectivity index (χ3n) is 1.44. The van der Waals surface area contributed by atoms with Crippen LogP contribution < -0.4 is 5.73 Å². The second-order valence-electron chi connectivity index (χ2n) is 2.25. The van der Waals surface area contributed by atoms with Crippen molar-refractivity contribution in [2.24, 2.45) is 5.73 Å². The molecule has 0 saturated heterocycles. The minimum Gasteiger partial charge on any atom is -0.327 e. The lowest BCUT2D eigenvalue weighted by molar-refractivity contribution is 0.353. The van der Waals surface area contributed by atoms with Gasteiger partial charge in [-0.05, 0) is 40.3 Å². The Bertz CT molecular complexity index is 222. The number of benzene rings is 1. The van der Waals surface area contributed by atoms with Gasteiger partial charge in [0.15, 0.2) is 0 Å². The highest BCUT2D eigenvalue weighted by atomic mass is 127. The molecule has 0 heterocycles. The number of hydrogen-bond acceptors (Lipinski definition) is 1. The molecule has 60 valence electrons. The van der Waals surface area contributed by atoms with Gasteiger partial charge >= 0.3 is 0 Å². The molecule has 2 N–H and O–H groups in total. The van der Waals surface area contributed by atoms with Gasteiger partial charge in [-0.2, -0.15) is 0 Å². The quantitative estimate of drug-likeness (QED) is 0.815. The van der Waals surface area contributed by atoms with E-state index in [0.717, 1.165) is 3.57 Å². The Kier molecular flexibility index (Phi) is 3.26. The number of rotatable bonds is 2. The van der Waals surface area contributed by atoms with Crippen molar-refractivity contribution < 1.29 is 4.39 Å². The van der Waals surface area contributed by atoms with Crippen molar-refractivity contribution in [3.63, 3.8) is 0 Å². The molecule has 1 atom stereocenters. The zero-order valence-corrected chi connectivity index (χ0v) is 8.08. The Balaban J connectivity index is 2.81. The Labute approximate surface area is 78.9 Å². The molecule has 0 saturated carbocycles. The molecule has 1 aromatic carbocycles.